The molecule has 1 aromatic carbocycles. The van der Waals surface area contributed by atoms with E-state index in [2.05, 4.69) is 10.3 Å². The van der Waals surface area contributed by atoms with Crippen molar-refractivity contribution in [3.63, 3.8) is 0 Å². The first-order valence-corrected chi connectivity index (χ1v) is 10.1. The van der Waals surface area contributed by atoms with Crippen LogP contribution in [-0.4, -0.2) is 40.7 Å². The molecule has 1 unspecified atom stereocenters. The Morgan fingerprint density at radius 2 is 1.88 bits per heavy atom. The number of carboxylic acid groups (broad SMARTS) is 1. The number of nitrogens with zero attached hydrogens (tertiary/aromatic N) is 3. The maximum Gasteiger partial charge on any atom is 0.306 e. The summed E-state index contributed by atoms with van der Waals surface area (Å²) in [5.74, 6) is -1.39. The zero-order chi connectivity index (χ0) is 18.6. The normalized spacial score (nSPS) is 14.2. The molecule has 2 rings (SSSR count). The van der Waals surface area contributed by atoms with Crippen LogP contribution in [0.25, 0.3) is 11.3 Å². The average molecular weight is 365 g/mol. The zero-order valence-corrected chi connectivity index (χ0v) is 15.4. The van der Waals surface area contributed by atoms with E-state index in [0.717, 1.165) is 5.56 Å². The lowest BCUT2D eigenvalue weighted by Gasteiger charge is -2.18. The fourth-order valence-corrected chi connectivity index (χ4v) is 3.86. The molecule has 0 aliphatic carbocycles. The van der Waals surface area contributed by atoms with E-state index in [-0.39, 0.29) is 0 Å². The summed E-state index contributed by atoms with van der Waals surface area (Å²) in [6, 6.07) is 9.39. The van der Waals surface area contributed by atoms with Crippen LogP contribution in [0.4, 0.5) is 0 Å². The predicted octanol–water partition coefficient (Wildman–Crippen LogP) is 2.69. The molecule has 1 aromatic heterocycles. The second-order valence-electron chi connectivity index (χ2n) is 6.29. The van der Waals surface area contributed by atoms with Gasteiger partial charge in [-0.1, -0.05) is 42.5 Å². The topological polar surface area (TPSA) is 102 Å². The van der Waals surface area contributed by atoms with E-state index in [9.17, 15) is 13.2 Å². The van der Waals surface area contributed by atoms with E-state index in [4.69, 9.17) is 5.11 Å². The molecule has 2 atom stereocenters. The minimum Gasteiger partial charge on any atom is -0.481 e. The summed E-state index contributed by atoms with van der Waals surface area (Å²) < 4.78 is 26.1. The van der Waals surface area contributed by atoms with Crippen molar-refractivity contribution in [2.45, 2.75) is 38.5 Å². The van der Waals surface area contributed by atoms with Gasteiger partial charge in [0.25, 0.3) is 0 Å². The summed E-state index contributed by atoms with van der Waals surface area (Å²) in [4.78, 5) is 10.9. The third-order valence-corrected chi connectivity index (χ3v) is 5.61. The van der Waals surface area contributed by atoms with Crippen molar-refractivity contribution in [2.24, 2.45) is 5.92 Å². The summed E-state index contributed by atoms with van der Waals surface area (Å²) in [6.45, 7) is 3.41. The monoisotopic (exact) mass is 365 g/mol. The predicted molar refractivity (Wildman–Crippen MR) is 94.7 cm³/mol. The maximum atomic E-state index is 12.3. The van der Waals surface area contributed by atoms with E-state index in [1.807, 2.05) is 30.3 Å². The summed E-state index contributed by atoms with van der Waals surface area (Å²) in [5, 5.41) is 16.2. The quantitative estimate of drug-likeness (QED) is 0.771. The molecule has 0 saturated heterocycles. The van der Waals surface area contributed by atoms with Gasteiger partial charge in [0, 0.05) is 11.8 Å². The van der Waals surface area contributed by atoms with Gasteiger partial charge in [-0.2, -0.15) is 0 Å². The highest BCUT2D eigenvalue weighted by molar-refractivity contribution is 7.90. The second kappa shape index (κ2) is 7.77. The van der Waals surface area contributed by atoms with E-state index in [1.165, 1.54) is 10.9 Å². The lowest BCUT2D eigenvalue weighted by Crippen LogP contribution is -2.21. The number of aryl methyl sites for hydroxylation is 1. The number of rotatable bonds is 8. The first-order chi connectivity index (χ1) is 11.7. The Bertz CT molecular complexity index is 831. The Labute approximate surface area is 147 Å². The van der Waals surface area contributed by atoms with Crippen LogP contribution in [0.5, 0.6) is 0 Å². The van der Waals surface area contributed by atoms with Gasteiger partial charge in [0.15, 0.2) is 15.2 Å². The number of sulfone groups is 1. The Balaban J connectivity index is 2.33. The van der Waals surface area contributed by atoms with Gasteiger partial charge in [-0.05, 0) is 26.2 Å². The van der Waals surface area contributed by atoms with Crippen LogP contribution in [0, 0.1) is 12.8 Å². The van der Waals surface area contributed by atoms with E-state index >= 15 is 0 Å². The number of carbonyl (C=O) groups is 1. The van der Waals surface area contributed by atoms with Crippen LogP contribution in [-0.2, 0) is 14.6 Å². The van der Waals surface area contributed by atoms with Gasteiger partial charge in [0.1, 0.15) is 0 Å². The van der Waals surface area contributed by atoms with Crippen molar-refractivity contribution in [3.05, 3.63) is 36.0 Å². The van der Waals surface area contributed by atoms with Crippen LogP contribution in [0.2, 0.25) is 0 Å². The minimum atomic E-state index is -3.44. The molecule has 8 heteroatoms. The van der Waals surface area contributed by atoms with Crippen LogP contribution in [0.1, 0.15) is 37.3 Å². The van der Waals surface area contributed by atoms with Crippen LogP contribution in [0.3, 0.4) is 0 Å². The highest BCUT2D eigenvalue weighted by atomic mass is 32.2. The lowest BCUT2D eigenvalue weighted by molar-refractivity contribution is -0.141. The summed E-state index contributed by atoms with van der Waals surface area (Å²) in [5.41, 5.74) is 2.17. The van der Waals surface area contributed by atoms with Crippen LogP contribution < -0.4 is 0 Å². The number of carboxylic acids is 1. The SMILES string of the molecule is Cc1nnn(C(CCC[C@@H](C)C(=O)O)S(C)(=O)=O)c1-c1ccccc1. The Hall–Kier alpha value is -2.22. The molecule has 0 fully saturated rings. The van der Waals surface area contributed by atoms with E-state index in [0.29, 0.717) is 30.7 Å². The van der Waals surface area contributed by atoms with Crippen LogP contribution in [0.15, 0.2) is 30.3 Å². The molecule has 0 aliphatic heterocycles. The third kappa shape index (κ3) is 4.66. The summed E-state index contributed by atoms with van der Waals surface area (Å²) >= 11 is 0. The highest BCUT2D eigenvalue weighted by Gasteiger charge is 2.28. The Morgan fingerprint density at radius 3 is 2.44 bits per heavy atom. The van der Waals surface area contributed by atoms with Crippen molar-refractivity contribution < 1.29 is 18.3 Å². The molecule has 25 heavy (non-hydrogen) atoms. The van der Waals surface area contributed by atoms with Crippen molar-refractivity contribution in [3.8, 4) is 11.3 Å². The average Bonchev–Trinajstić information content (AvgIpc) is 2.92. The number of aliphatic carboxylic acids is 1. The van der Waals surface area contributed by atoms with E-state index in [1.54, 1.807) is 13.8 Å². The van der Waals surface area contributed by atoms with Gasteiger partial charge in [0.05, 0.1) is 17.3 Å². The molecular formula is C17H23N3O4S. The fraction of sp³-hybridized carbons (Fsp3) is 0.471. The first-order valence-electron chi connectivity index (χ1n) is 8.10. The van der Waals surface area contributed by atoms with Crippen molar-refractivity contribution >= 4 is 15.8 Å². The highest BCUT2D eigenvalue weighted by Crippen LogP contribution is 2.30. The summed E-state index contributed by atoms with van der Waals surface area (Å²) in [7, 11) is -3.44. The van der Waals surface area contributed by atoms with Gasteiger partial charge in [-0.3, -0.25) is 4.79 Å². The summed E-state index contributed by atoms with van der Waals surface area (Å²) in [6.07, 6.45) is 2.34. The Morgan fingerprint density at radius 1 is 1.24 bits per heavy atom. The number of benzene rings is 1. The van der Waals surface area contributed by atoms with Gasteiger partial charge >= 0.3 is 5.97 Å². The largest absolute Gasteiger partial charge is 0.481 e. The molecule has 2 aromatic rings. The molecule has 0 saturated carbocycles. The van der Waals surface area contributed by atoms with E-state index < -0.39 is 27.1 Å². The van der Waals surface area contributed by atoms with Gasteiger partial charge in [-0.25, -0.2) is 13.1 Å². The van der Waals surface area contributed by atoms with Gasteiger partial charge in [0.2, 0.25) is 0 Å². The molecule has 1 N–H and O–H groups in total. The van der Waals surface area contributed by atoms with Crippen molar-refractivity contribution in [2.75, 3.05) is 6.26 Å². The molecule has 0 amide bonds. The van der Waals surface area contributed by atoms with Crippen LogP contribution >= 0.6 is 0 Å². The molecule has 0 bridgehead atoms. The third-order valence-electron chi connectivity index (χ3n) is 4.19. The van der Waals surface area contributed by atoms with Gasteiger partial charge < -0.3 is 5.11 Å². The number of aromatic nitrogens is 3. The smallest absolute Gasteiger partial charge is 0.306 e. The van der Waals surface area contributed by atoms with Crippen molar-refractivity contribution in [1.82, 2.24) is 15.0 Å². The molecule has 0 spiro atoms. The minimum absolute atomic E-state index is 0.291. The molecular weight excluding hydrogens is 342 g/mol. The lowest BCUT2D eigenvalue weighted by atomic mass is 10.0. The second-order valence-corrected chi connectivity index (χ2v) is 8.49. The van der Waals surface area contributed by atoms with Gasteiger partial charge in [-0.15, -0.1) is 5.10 Å². The Kier molecular flexibility index (Phi) is 5.94. The molecule has 7 nitrogen and oxygen atoms in total. The molecule has 1 heterocycles. The number of hydrogen-bond donors (Lipinski definition) is 1. The standard InChI is InChI=1S/C17H23N3O4S/c1-12(17(21)22)8-7-11-15(25(3,23)24)20-16(13(2)18-19-20)14-9-5-4-6-10-14/h4-6,9-10,12,15H,7-8,11H2,1-3H3,(H,21,22)/t12-,15?/m1/s1. The first kappa shape index (κ1) is 19.1. The molecule has 0 radical (unpaired) electrons. The molecule has 136 valence electrons. The maximum absolute atomic E-state index is 12.3. The molecule has 0 aliphatic rings. The number of hydrogen-bond acceptors (Lipinski definition) is 5. The van der Waals surface area contributed by atoms with Crippen molar-refractivity contribution in [1.29, 1.82) is 0 Å². The fourth-order valence-electron chi connectivity index (χ4n) is 2.75. The zero-order valence-electron chi connectivity index (χ0n) is 14.6.